The van der Waals surface area contributed by atoms with E-state index in [-0.39, 0.29) is 23.9 Å². The first kappa shape index (κ1) is 16.1. The van der Waals surface area contributed by atoms with Crippen LogP contribution in [0.1, 0.15) is 25.7 Å². The summed E-state index contributed by atoms with van der Waals surface area (Å²) in [5.41, 5.74) is 5.95. The third kappa shape index (κ3) is 4.63. The minimum Gasteiger partial charge on any atom is -0.328 e. The van der Waals surface area contributed by atoms with Gasteiger partial charge in [0.2, 0.25) is 0 Å². The van der Waals surface area contributed by atoms with E-state index >= 15 is 0 Å². The van der Waals surface area contributed by atoms with E-state index in [0.29, 0.717) is 6.42 Å². The lowest BCUT2D eigenvalue weighted by atomic mass is 9.90. The van der Waals surface area contributed by atoms with Crippen LogP contribution in [0, 0.1) is 0 Å². The third-order valence-corrected chi connectivity index (χ3v) is 3.28. The molecule has 0 heterocycles. The van der Waals surface area contributed by atoms with Crippen LogP contribution in [0.25, 0.3) is 0 Å². The summed E-state index contributed by atoms with van der Waals surface area (Å²) in [7, 11) is 0. The van der Waals surface area contributed by atoms with E-state index in [4.69, 9.17) is 5.73 Å². The molecular formula is C16H22N2O2. The fraction of sp³-hybridized carbons (Fsp3) is 0.375. The molecule has 0 bridgehead atoms. The van der Waals surface area contributed by atoms with Gasteiger partial charge in [-0.1, -0.05) is 37.5 Å². The van der Waals surface area contributed by atoms with Crippen molar-refractivity contribution < 1.29 is 9.59 Å². The first-order chi connectivity index (χ1) is 9.60. The summed E-state index contributed by atoms with van der Waals surface area (Å²) in [4.78, 5) is 25.7. The van der Waals surface area contributed by atoms with Gasteiger partial charge in [-0.15, -0.1) is 0 Å². The van der Waals surface area contributed by atoms with Crippen molar-refractivity contribution in [1.82, 2.24) is 4.90 Å². The second-order valence-corrected chi connectivity index (χ2v) is 4.82. The van der Waals surface area contributed by atoms with Gasteiger partial charge in [-0.2, -0.15) is 0 Å². The second-order valence-electron chi connectivity index (χ2n) is 4.82. The van der Waals surface area contributed by atoms with Crippen LogP contribution in [0.3, 0.4) is 0 Å². The minimum atomic E-state index is -0.331. The van der Waals surface area contributed by atoms with Crippen molar-refractivity contribution in [2.75, 3.05) is 0 Å². The molecule has 0 radical (unpaired) electrons. The highest BCUT2D eigenvalue weighted by Crippen LogP contribution is 2.23. The van der Waals surface area contributed by atoms with Crippen LogP contribution >= 0.6 is 0 Å². The SMILES string of the molecule is C=C/C=C/C(=O)N(C(=O)/C=C/C=C)C1CCCC(N)C1. The molecule has 1 fully saturated rings. The zero-order chi connectivity index (χ0) is 15.0. The second kappa shape index (κ2) is 8.27. The van der Waals surface area contributed by atoms with Crippen molar-refractivity contribution in [2.45, 2.75) is 37.8 Å². The zero-order valence-electron chi connectivity index (χ0n) is 11.7. The largest absolute Gasteiger partial charge is 0.328 e. The van der Waals surface area contributed by atoms with E-state index in [1.54, 1.807) is 0 Å². The predicted molar refractivity (Wildman–Crippen MR) is 80.8 cm³/mol. The van der Waals surface area contributed by atoms with Crippen LogP contribution in [-0.2, 0) is 9.59 Å². The number of imide groups is 1. The fourth-order valence-electron chi connectivity index (χ4n) is 2.37. The lowest BCUT2D eigenvalue weighted by molar-refractivity contribution is -0.142. The van der Waals surface area contributed by atoms with E-state index in [2.05, 4.69) is 13.2 Å². The molecule has 1 aliphatic rings. The van der Waals surface area contributed by atoms with Crippen LogP contribution in [-0.4, -0.2) is 28.8 Å². The van der Waals surface area contributed by atoms with Crippen molar-refractivity contribution in [1.29, 1.82) is 0 Å². The maximum Gasteiger partial charge on any atom is 0.253 e. The highest BCUT2D eigenvalue weighted by Gasteiger charge is 2.30. The van der Waals surface area contributed by atoms with E-state index < -0.39 is 0 Å². The average Bonchev–Trinajstić information content (AvgIpc) is 2.43. The predicted octanol–water partition coefficient (Wildman–Crippen LogP) is 2.10. The van der Waals surface area contributed by atoms with Crippen LogP contribution in [0.4, 0.5) is 0 Å². The highest BCUT2D eigenvalue weighted by atomic mass is 16.2. The summed E-state index contributed by atoms with van der Waals surface area (Å²) in [6.45, 7) is 7.04. The minimum absolute atomic E-state index is 0.0450. The molecule has 108 valence electrons. The van der Waals surface area contributed by atoms with Gasteiger partial charge < -0.3 is 5.73 Å². The highest BCUT2D eigenvalue weighted by molar-refractivity contribution is 6.05. The molecule has 2 N–H and O–H groups in total. The van der Waals surface area contributed by atoms with Crippen molar-refractivity contribution in [2.24, 2.45) is 5.73 Å². The van der Waals surface area contributed by atoms with Gasteiger partial charge in [0.05, 0.1) is 0 Å². The Morgan fingerprint density at radius 3 is 2.05 bits per heavy atom. The van der Waals surface area contributed by atoms with E-state index in [1.807, 2.05) is 0 Å². The van der Waals surface area contributed by atoms with Gasteiger partial charge >= 0.3 is 0 Å². The Labute approximate surface area is 120 Å². The van der Waals surface area contributed by atoms with E-state index in [1.165, 1.54) is 41.4 Å². The molecule has 4 heteroatoms. The number of allylic oxidation sites excluding steroid dienone is 4. The molecule has 2 amide bonds. The van der Waals surface area contributed by atoms with E-state index in [9.17, 15) is 9.59 Å². The molecule has 2 atom stereocenters. The van der Waals surface area contributed by atoms with Crippen LogP contribution in [0.5, 0.6) is 0 Å². The Balaban J connectivity index is 2.93. The maximum absolute atomic E-state index is 12.2. The summed E-state index contributed by atoms with van der Waals surface area (Å²) in [5.74, 6) is -0.662. The quantitative estimate of drug-likeness (QED) is 0.617. The lowest BCUT2D eigenvalue weighted by Crippen LogP contribution is -2.47. The molecule has 0 aromatic carbocycles. The molecule has 1 rings (SSSR count). The molecule has 0 aromatic rings. The first-order valence-corrected chi connectivity index (χ1v) is 6.81. The zero-order valence-corrected chi connectivity index (χ0v) is 11.7. The van der Waals surface area contributed by atoms with Gasteiger partial charge in [0, 0.05) is 24.2 Å². The van der Waals surface area contributed by atoms with Gasteiger partial charge in [-0.3, -0.25) is 14.5 Å². The standard InChI is InChI=1S/C16H22N2O2/c1-3-5-10-15(19)18(16(20)11-6-4-2)14-9-7-8-13(17)12-14/h3-6,10-11,13-14H,1-2,7-9,12,17H2/b10-5+,11-6+. The summed E-state index contributed by atoms with van der Waals surface area (Å²) in [6.07, 6.45) is 12.1. The van der Waals surface area contributed by atoms with Gasteiger partial charge in [-0.05, 0) is 25.7 Å². The summed E-state index contributed by atoms with van der Waals surface area (Å²) in [5, 5.41) is 0. The van der Waals surface area contributed by atoms with Crippen molar-refractivity contribution in [3.63, 3.8) is 0 Å². The smallest absolute Gasteiger partial charge is 0.253 e. The molecule has 2 unspecified atom stereocenters. The Kier molecular flexibility index (Phi) is 6.67. The number of carbonyl (C=O) groups is 2. The molecule has 1 aliphatic carbocycles. The fourth-order valence-corrected chi connectivity index (χ4v) is 2.37. The number of hydrogen-bond acceptors (Lipinski definition) is 3. The van der Waals surface area contributed by atoms with Crippen LogP contribution < -0.4 is 5.73 Å². The Morgan fingerprint density at radius 1 is 1.05 bits per heavy atom. The molecule has 0 spiro atoms. The first-order valence-electron chi connectivity index (χ1n) is 6.81. The number of rotatable bonds is 5. The Morgan fingerprint density at radius 2 is 1.60 bits per heavy atom. The monoisotopic (exact) mass is 274 g/mol. The molecule has 4 nitrogen and oxygen atoms in total. The Bertz CT molecular complexity index is 408. The van der Waals surface area contributed by atoms with Crippen molar-refractivity contribution >= 4 is 11.8 Å². The molecule has 20 heavy (non-hydrogen) atoms. The molecule has 0 aromatic heterocycles. The number of nitrogens with two attached hydrogens (primary N) is 1. The van der Waals surface area contributed by atoms with Crippen molar-refractivity contribution in [3.8, 4) is 0 Å². The number of amides is 2. The molecule has 0 saturated heterocycles. The summed E-state index contributed by atoms with van der Waals surface area (Å²) < 4.78 is 0. The van der Waals surface area contributed by atoms with Gasteiger partial charge in [-0.25, -0.2) is 0 Å². The topological polar surface area (TPSA) is 63.4 Å². The van der Waals surface area contributed by atoms with E-state index in [0.717, 1.165) is 19.3 Å². The van der Waals surface area contributed by atoms with Crippen LogP contribution in [0.2, 0.25) is 0 Å². The maximum atomic E-state index is 12.2. The molecule has 1 saturated carbocycles. The van der Waals surface area contributed by atoms with Gasteiger partial charge in [0.25, 0.3) is 11.8 Å². The number of hydrogen-bond donors (Lipinski definition) is 1. The van der Waals surface area contributed by atoms with Gasteiger partial charge in [0.1, 0.15) is 0 Å². The van der Waals surface area contributed by atoms with Crippen LogP contribution in [0.15, 0.2) is 49.6 Å². The summed E-state index contributed by atoms with van der Waals surface area (Å²) in [6, 6.07) is -0.0914. The van der Waals surface area contributed by atoms with Gasteiger partial charge in [0.15, 0.2) is 0 Å². The molecule has 0 aliphatic heterocycles. The molecular weight excluding hydrogens is 252 g/mol. The average molecular weight is 274 g/mol. The number of carbonyl (C=O) groups excluding carboxylic acids is 2. The lowest BCUT2D eigenvalue weighted by Gasteiger charge is -2.34. The number of nitrogens with zero attached hydrogens (tertiary/aromatic N) is 1. The van der Waals surface area contributed by atoms with Crippen molar-refractivity contribution in [3.05, 3.63) is 49.6 Å². The Hall–Kier alpha value is -1.94. The normalized spacial score (nSPS) is 22.9. The third-order valence-electron chi connectivity index (χ3n) is 3.28. The summed E-state index contributed by atoms with van der Waals surface area (Å²) >= 11 is 0.